The lowest BCUT2D eigenvalue weighted by Crippen LogP contribution is -2.31. The van der Waals surface area contributed by atoms with E-state index in [0.29, 0.717) is 11.1 Å². The molecule has 0 atom stereocenters. The summed E-state index contributed by atoms with van der Waals surface area (Å²) in [5, 5.41) is 0. The van der Waals surface area contributed by atoms with Crippen LogP contribution in [0.15, 0.2) is 83.2 Å². The fourth-order valence-corrected chi connectivity index (χ4v) is 3.64. The SMILES string of the molecule is COC(=O)C1=C(N(C)c2ccccc2)CC(C(=O)OC)=C(N(C)c2ccccc2)C1. The van der Waals surface area contributed by atoms with E-state index in [1.54, 1.807) is 0 Å². The van der Waals surface area contributed by atoms with E-state index in [1.165, 1.54) is 14.2 Å². The molecule has 0 unspecified atom stereocenters. The Balaban J connectivity index is 2.09. The Labute approximate surface area is 177 Å². The molecular weight excluding hydrogens is 380 g/mol. The molecule has 6 heteroatoms. The van der Waals surface area contributed by atoms with E-state index in [2.05, 4.69) is 0 Å². The third-order valence-corrected chi connectivity index (χ3v) is 5.35. The van der Waals surface area contributed by atoms with Gasteiger partial charge in [-0.05, 0) is 24.3 Å². The van der Waals surface area contributed by atoms with Gasteiger partial charge in [-0.15, -0.1) is 0 Å². The quantitative estimate of drug-likeness (QED) is 0.678. The van der Waals surface area contributed by atoms with Gasteiger partial charge in [0.25, 0.3) is 0 Å². The number of carbonyl (C=O) groups excluding carboxylic acids is 2. The highest BCUT2D eigenvalue weighted by molar-refractivity contribution is 5.96. The summed E-state index contributed by atoms with van der Waals surface area (Å²) < 4.78 is 10.2. The Bertz CT molecular complexity index is 899. The van der Waals surface area contributed by atoms with Crippen LogP contribution in [0.4, 0.5) is 11.4 Å². The van der Waals surface area contributed by atoms with Crippen molar-refractivity contribution < 1.29 is 19.1 Å². The second-order valence-electron chi connectivity index (χ2n) is 6.98. The molecule has 3 rings (SSSR count). The molecule has 0 spiro atoms. The molecule has 0 radical (unpaired) electrons. The summed E-state index contributed by atoms with van der Waals surface area (Å²) in [5.74, 6) is -0.814. The van der Waals surface area contributed by atoms with E-state index >= 15 is 0 Å². The van der Waals surface area contributed by atoms with Gasteiger partial charge in [0.1, 0.15) is 0 Å². The van der Waals surface area contributed by atoms with Crippen molar-refractivity contribution in [3.8, 4) is 0 Å². The van der Waals surface area contributed by atoms with E-state index in [4.69, 9.17) is 9.47 Å². The molecule has 0 aromatic heterocycles. The molecule has 2 aromatic carbocycles. The van der Waals surface area contributed by atoms with E-state index < -0.39 is 11.9 Å². The average Bonchev–Trinajstić information content (AvgIpc) is 2.82. The predicted molar refractivity (Wildman–Crippen MR) is 117 cm³/mol. The van der Waals surface area contributed by atoms with Gasteiger partial charge in [0, 0.05) is 49.7 Å². The molecule has 0 amide bonds. The van der Waals surface area contributed by atoms with Crippen LogP contribution >= 0.6 is 0 Å². The van der Waals surface area contributed by atoms with E-state index in [1.807, 2.05) is 84.6 Å². The normalized spacial score (nSPS) is 13.7. The molecule has 0 fully saturated rings. The number of para-hydroxylation sites is 2. The largest absolute Gasteiger partial charge is 0.466 e. The summed E-state index contributed by atoms with van der Waals surface area (Å²) in [6.45, 7) is 0. The van der Waals surface area contributed by atoms with Crippen LogP contribution in [0.2, 0.25) is 0 Å². The molecule has 1 aliphatic rings. The number of rotatable bonds is 6. The van der Waals surface area contributed by atoms with Gasteiger partial charge in [-0.25, -0.2) is 9.59 Å². The summed E-state index contributed by atoms with van der Waals surface area (Å²) in [6.07, 6.45) is 0.518. The number of hydrogen-bond acceptors (Lipinski definition) is 6. The van der Waals surface area contributed by atoms with Crippen LogP contribution in [0.3, 0.4) is 0 Å². The molecule has 0 aliphatic heterocycles. The molecule has 0 N–H and O–H groups in total. The first-order valence-electron chi connectivity index (χ1n) is 9.66. The van der Waals surface area contributed by atoms with Crippen LogP contribution in [-0.2, 0) is 19.1 Å². The maximum atomic E-state index is 12.7. The lowest BCUT2D eigenvalue weighted by atomic mass is 9.91. The highest BCUT2D eigenvalue weighted by atomic mass is 16.5. The van der Waals surface area contributed by atoms with Gasteiger partial charge in [-0.2, -0.15) is 0 Å². The van der Waals surface area contributed by atoms with Crippen molar-refractivity contribution in [3.63, 3.8) is 0 Å². The Hall–Kier alpha value is -3.54. The van der Waals surface area contributed by atoms with Crippen molar-refractivity contribution in [1.82, 2.24) is 0 Å². The second-order valence-corrected chi connectivity index (χ2v) is 6.98. The molecule has 0 saturated heterocycles. The molecular formula is C24H26N2O4. The fourth-order valence-electron chi connectivity index (χ4n) is 3.64. The number of nitrogens with zero attached hydrogens (tertiary/aromatic N) is 2. The van der Waals surface area contributed by atoms with Crippen LogP contribution in [0, 0.1) is 0 Å². The highest BCUT2D eigenvalue weighted by Gasteiger charge is 2.33. The maximum absolute atomic E-state index is 12.7. The summed E-state index contributed by atoms with van der Waals surface area (Å²) in [5.41, 5.74) is 4.32. The summed E-state index contributed by atoms with van der Waals surface area (Å²) >= 11 is 0. The number of allylic oxidation sites excluding steroid dienone is 2. The Kier molecular flexibility index (Phi) is 6.57. The third-order valence-electron chi connectivity index (χ3n) is 5.35. The van der Waals surface area contributed by atoms with Gasteiger partial charge in [-0.3, -0.25) is 0 Å². The average molecular weight is 406 g/mol. The topological polar surface area (TPSA) is 59.1 Å². The predicted octanol–water partition coefficient (Wildman–Crippen LogP) is 3.91. The first kappa shape index (κ1) is 21.2. The number of methoxy groups -OCH3 is 2. The van der Waals surface area contributed by atoms with Gasteiger partial charge >= 0.3 is 11.9 Å². The minimum Gasteiger partial charge on any atom is -0.466 e. The van der Waals surface area contributed by atoms with Crippen LogP contribution in [0.1, 0.15) is 12.8 Å². The molecule has 0 heterocycles. The minimum atomic E-state index is -0.407. The molecule has 0 bridgehead atoms. The zero-order chi connectivity index (χ0) is 21.7. The van der Waals surface area contributed by atoms with Crippen molar-refractivity contribution in [2.75, 3.05) is 38.1 Å². The first-order chi connectivity index (χ1) is 14.5. The van der Waals surface area contributed by atoms with Crippen molar-refractivity contribution >= 4 is 23.3 Å². The Morgan fingerprint density at radius 3 is 1.30 bits per heavy atom. The molecule has 6 nitrogen and oxygen atoms in total. The number of esters is 2. The van der Waals surface area contributed by atoms with E-state index in [9.17, 15) is 9.59 Å². The van der Waals surface area contributed by atoms with Crippen LogP contribution < -0.4 is 9.80 Å². The summed E-state index contributed by atoms with van der Waals surface area (Å²) in [7, 11) is 6.51. The number of hydrogen-bond donors (Lipinski definition) is 0. The standard InChI is InChI=1S/C24H26N2O4/c1-25(17-11-7-5-8-12-17)21-15-20(24(28)30-4)22(16-19(21)23(27)29-3)26(2)18-13-9-6-10-14-18/h5-14H,15-16H2,1-4H3. The van der Waals surface area contributed by atoms with Crippen LogP contribution in [0.25, 0.3) is 0 Å². The third kappa shape index (κ3) is 4.22. The molecule has 156 valence electrons. The lowest BCUT2D eigenvalue weighted by molar-refractivity contribution is -0.137. The zero-order valence-electron chi connectivity index (χ0n) is 17.7. The van der Waals surface area contributed by atoms with Gasteiger partial charge in [0.2, 0.25) is 0 Å². The van der Waals surface area contributed by atoms with Gasteiger partial charge in [0.05, 0.1) is 25.4 Å². The number of carbonyl (C=O) groups is 2. The molecule has 30 heavy (non-hydrogen) atoms. The fraction of sp³-hybridized carbons (Fsp3) is 0.250. The number of ether oxygens (including phenoxy) is 2. The number of benzene rings is 2. The smallest absolute Gasteiger partial charge is 0.335 e. The Morgan fingerprint density at radius 1 is 0.667 bits per heavy atom. The summed E-state index contributed by atoms with van der Waals surface area (Å²) in [4.78, 5) is 29.2. The first-order valence-corrected chi connectivity index (χ1v) is 9.66. The van der Waals surface area contributed by atoms with Crippen molar-refractivity contribution in [1.29, 1.82) is 0 Å². The summed E-state index contributed by atoms with van der Waals surface area (Å²) in [6, 6.07) is 19.4. The van der Waals surface area contributed by atoms with Gasteiger partial charge in [-0.1, -0.05) is 36.4 Å². The maximum Gasteiger partial charge on any atom is 0.335 e. The van der Waals surface area contributed by atoms with Crippen molar-refractivity contribution in [2.24, 2.45) is 0 Å². The lowest BCUT2D eigenvalue weighted by Gasteiger charge is -2.34. The van der Waals surface area contributed by atoms with E-state index in [0.717, 1.165) is 22.8 Å². The second kappa shape index (κ2) is 9.31. The zero-order valence-corrected chi connectivity index (χ0v) is 17.7. The molecule has 0 saturated carbocycles. The minimum absolute atomic E-state index is 0.259. The van der Waals surface area contributed by atoms with Crippen molar-refractivity contribution in [2.45, 2.75) is 12.8 Å². The number of anilines is 2. The van der Waals surface area contributed by atoms with Crippen LogP contribution in [-0.4, -0.2) is 40.3 Å². The highest BCUT2D eigenvalue weighted by Crippen LogP contribution is 2.37. The molecule has 2 aromatic rings. The van der Waals surface area contributed by atoms with Crippen molar-refractivity contribution in [3.05, 3.63) is 83.2 Å². The monoisotopic (exact) mass is 406 g/mol. The molecule has 1 aliphatic carbocycles. The Morgan fingerprint density at radius 2 is 1.00 bits per heavy atom. The van der Waals surface area contributed by atoms with Gasteiger partial charge < -0.3 is 19.3 Å². The van der Waals surface area contributed by atoms with E-state index in [-0.39, 0.29) is 12.8 Å². The van der Waals surface area contributed by atoms with Crippen LogP contribution in [0.5, 0.6) is 0 Å². The van der Waals surface area contributed by atoms with Gasteiger partial charge in [0.15, 0.2) is 0 Å².